The summed E-state index contributed by atoms with van der Waals surface area (Å²) in [4.78, 5) is 24.3. The van der Waals surface area contributed by atoms with Gasteiger partial charge in [0.1, 0.15) is 5.78 Å². The predicted octanol–water partition coefficient (Wildman–Crippen LogP) is 3.75. The fourth-order valence-electron chi connectivity index (χ4n) is 6.68. The maximum absolute atomic E-state index is 12.4. The molecule has 4 rings (SSSR count). The molecule has 0 bridgehead atoms. The van der Waals surface area contributed by atoms with E-state index in [2.05, 4.69) is 13.8 Å². The van der Waals surface area contributed by atoms with Crippen LogP contribution in [0, 0.1) is 34.5 Å². The first-order chi connectivity index (χ1) is 10.4. The van der Waals surface area contributed by atoms with Gasteiger partial charge in [0, 0.05) is 18.3 Å². The molecule has 22 heavy (non-hydrogen) atoms. The standard InChI is InChI=1S/C19H28O3/c1-18-9-10-22-17(21)11-12(18)3-4-13-14-5-6-16(20)19(14,2)8-7-15(13)18/h12-15H,3-11H2,1-2H3/t12?,13-,14-,15?,18-,19-/m0/s1. The van der Waals surface area contributed by atoms with Gasteiger partial charge in [-0.2, -0.15) is 0 Å². The van der Waals surface area contributed by atoms with Crippen molar-refractivity contribution >= 4 is 11.8 Å². The minimum atomic E-state index is -0.0403. The number of carbonyl (C=O) groups is 2. The Hall–Kier alpha value is -0.860. The molecule has 3 heteroatoms. The van der Waals surface area contributed by atoms with Crippen molar-refractivity contribution in [1.82, 2.24) is 0 Å². The summed E-state index contributed by atoms with van der Waals surface area (Å²) >= 11 is 0. The second-order valence-electron chi connectivity index (χ2n) is 8.75. The summed E-state index contributed by atoms with van der Waals surface area (Å²) in [6.07, 6.45) is 8.12. The Morgan fingerprint density at radius 2 is 1.82 bits per heavy atom. The molecule has 3 aliphatic carbocycles. The van der Waals surface area contributed by atoms with E-state index in [0.717, 1.165) is 32.1 Å². The average molecular weight is 304 g/mol. The summed E-state index contributed by atoms with van der Waals surface area (Å²) in [6.45, 7) is 5.24. The first kappa shape index (κ1) is 14.7. The molecule has 4 aliphatic rings. The molecule has 122 valence electrons. The number of ether oxygens (including phenoxy) is 1. The van der Waals surface area contributed by atoms with Gasteiger partial charge in [0.2, 0.25) is 0 Å². The molecule has 0 amide bonds. The summed E-state index contributed by atoms with van der Waals surface area (Å²) in [7, 11) is 0. The van der Waals surface area contributed by atoms with Crippen LogP contribution in [0.2, 0.25) is 0 Å². The Morgan fingerprint density at radius 3 is 2.64 bits per heavy atom. The van der Waals surface area contributed by atoms with Gasteiger partial charge in [-0.15, -0.1) is 0 Å². The Balaban J connectivity index is 1.66. The van der Waals surface area contributed by atoms with Crippen molar-refractivity contribution in [2.24, 2.45) is 34.5 Å². The van der Waals surface area contributed by atoms with Crippen molar-refractivity contribution in [3.8, 4) is 0 Å². The zero-order valence-electron chi connectivity index (χ0n) is 13.9. The molecule has 1 aliphatic heterocycles. The van der Waals surface area contributed by atoms with Gasteiger partial charge >= 0.3 is 5.97 Å². The number of ketones is 1. The largest absolute Gasteiger partial charge is 0.466 e. The molecule has 0 aromatic rings. The number of hydrogen-bond donors (Lipinski definition) is 0. The van der Waals surface area contributed by atoms with Gasteiger partial charge in [-0.05, 0) is 67.6 Å². The van der Waals surface area contributed by atoms with Crippen LogP contribution in [0.5, 0.6) is 0 Å². The molecule has 1 saturated heterocycles. The third kappa shape index (κ3) is 1.86. The Morgan fingerprint density at radius 1 is 1.00 bits per heavy atom. The lowest BCUT2D eigenvalue weighted by atomic mass is 9.47. The van der Waals surface area contributed by atoms with Gasteiger partial charge in [-0.3, -0.25) is 9.59 Å². The van der Waals surface area contributed by atoms with Crippen molar-refractivity contribution in [3.63, 3.8) is 0 Å². The molecule has 3 saturated carbocycles. The van der Waals surface area contributed by atoms with Crippen LogP contribution in [0.3, 0.4) is 0 Å². The molecule has 4 fully saturated rings. The summed E-state index contributed by atoms with van der Waals surface area (Å²) in [5.41, 5.74) is 0.198. The van der Waals surface area contributed by atoms with Gasteiger partial charge in [-0.25, -0.2) is 0 Å². The smallest absolute Gasteiger partial charge is 0.306 e. The predicted molar refractivity (Wildman–Crippen MR) is 83.1 cm³/mol. The van der Waals surface area contributed by atoms with Gasteiger partial charge < -0.3 is 4.74 Å². The highest BCUT2D eigenvalue weighted by molar-refractivity contribution is 5.87. The van der Waals surface area contributed by atoms with Crippen LogP contribution in [0.15, 0.2) is 0 Å². The quantitative estimate of drug-likeness (QED) is 0.640. The second-order valence-corrected chi connectivity index (χ2v) is 8.75. The summed E-state index contributed by atoms with van der Waals surface area (Å²) in [5, 5.41) is 0. The number of rotatable bonds is 0. The monoisotopic (exact) mass is 304 g/mol. The number of hydrogen-bond acceptors (Lipinski definition) is 3. The van der Waals surface area contributed by atoms with Crippen LogP contribution in [-0.4, -0.2) is 18.4 Å². The van der Waals surface area contributed by atoms with E-state index in [1.807, 2.05) is 0 Å². The van der Waals surface area contributed by atoms with Crippen LogP contribution in [0.1, 0.15) is 65.2 Å². The highest BCUT2D eigenvalue weighted by Crippen LogP contribution is 2.64. The van der Waals surface area contributed by atoms with Crippen molar-refractivity contribution < 1.29 is 14.3 Å². The van der Waals surface area contributed by atoms with Gasteiger partial charge in [0.05, 0.1) is 6.61 Å². The number of carbonyl (C=O) groups excluding carboxylic acids is 2. The summed E-state index contributed by atoms with van der Waals surface area (Å²) in [6, 6.07) is 0. The molecular formula is C19H28O3. The molecule has 0 radical (unpaired) electrons. The Kier molecular flexibility index (Phi) is 3.22. The van der Waals surface area contributed by atoms with E-state index in [4.69, 9.17) is 4.74 Å². The molecule has 3 nitrogen and oxygen atoms in total. The Bertz CT molecular complexity index is 513. The molecule has 0 aromatic carbocycles. The van der Waals surface area contributed by atoms with Crippen LogP contribution in [0.4, 0.5) is 0 Å². The van der Waals surface area contributed by atoms with Crippen molar-refractivity contribution in [2.75, 3.05) is 6.61 Å². The second kappa shape index (κ2) is 4.82. The fourth-order valence-corrected chi connectivity index (χ4v) is 6.68. The normalized spacial score (nSPS) is 51.4. The fraction of sp³-hybridized carbons (Fsp3) is 0.895. The van der Waals surface area contributed by atoms with Crippen LogP contribution < -0.4 is 0 Å². The van der Waals surface area contributed by atoms with E-state index in [1.54, 1.807) is 0 Å². The van der Waals surface area contributed by atoms with Crippen LogP contribution >= 0.6 is 0 Å². The lowest BCUT2D eigenvalue weighted by molar-refractivity contribution is -0.143. The zero-order chi connectivity index (χ0) is 15.5. The average Bonchev–Trinajstić information content (AvgIpc) is 2.68. The molecule has 1 heterocycles. The maximum Gasteiger partial charge on any atom is 0.306 e. The van der Waals surface area contributed by atoms with Crippen molar-refractivity contribution in [1.29, 1.82) is 0 Å². The topological polar surface area (TPSA) is 43.4 Å². The number of cyclic esters (lactones) is 1. The molecule has 0 aromatic heterocycles. The van der Waals surface area contributed by atoms with E-state index in [1.165, 1.54) is 12.8 Å². The van der Waals surface area contributed by atoms with Gasteiger partial charge in [0.15, 0.2) is 0 Å². The van der Waals surface area contributed by atoms with Crippen molar-refractivity contribution in [2.45, 2.75) is 65.2 Å². The highest BCUT2D eigenvalue weighted by atomic mass is 16.5. The highest BCUT2D eigenvalue weighted by Gasteiger charge is 2.59. The maximum atomic E-state index is 12.4. The first-order valence-electron chi connectivity index (χ1n) is 9.14. The van der Waals surface area contributed by atoms with Gasteiger partial charge in [0.25, 0.3) is 0 Å². The molecular weight excluding hydrogens is 276 g/mol. The summed E-state index contributed by atoms with van der Waals surface area (Å²) < 4.78 is 5.37. The van der Waals surface area contributed by atoms with Crippen LogP contribution in [-0.2, 0) is 14.3 Å². The SMILES string of the molecule is C[C@]12CCOC(=O)CC1CC[C@@H]1C2CC[C@]2(C)C(=O)CC[C@@H]12. The number of Topliss-reactive ketones (excluding diaryl/α,β-unsaturated/α-hetero) is 1. The first-order valence-corrected chi connectivity index (χ1v) is 9.14. The summed E-state index contributed by atoms with van der Waals surface area (Å²) in [5.74, 6) is 2.98. The minimum Gasteiger partial charge on any atom is -0.466 e. The van der Waals surface area contributed by atoms with Gasteiger partial charge in [-0.1, -0.05) is 13.8 Å². The third-order valence-electron chi connectivity index (χ3n) is 8.09. The number of esters is 1. The third-order valence-corrected chi connectivity index (χ3v) is 8.09. The minimum absolute atomic E-state index is 0.00358. The molecule has 0 spiro atoms. The zero-order valence-corrected chi connectivity index (χ0v) is 13.9. The molecule has 6 atom stereocenters. The molecule has 0 N–H and O–H groups in total. The van der Waals surface area contributed by atoms with Crippen molar-refractivity contribution in [3.05, 3.63) is 0 Å². The molecule has 2 unspecified atom stereocenters. The Labute approximate surface area is 133 Å². The lowest BCUT2D eigenvalue weighted by Gasteiger charge is -2.57. The van der Waals surface area contributed by atoms with E-state index >= 15 is 0 Å². The lowest BCUT2D eigenvalue weighted by Crippen LogP contribution is -2.52. The van der Waals surface area contributed by atoms with E-state index < -0.39 is 0 Å². The van der Waals surface area contributed by atoms with E-state index in [9.17, 15) is 9.59 Å². The van der Waals surface area contributed by atoms with Crippen LogP contribution in [0.25, 0.3) is 0 Å². The van der Waals surface area contributed by atoms with E-state index in [0.29, 0.717) is 42.5 Å². The number of fused-ring (bicyclic) bond motifs is 5. The van der Waals surface area contributed by atoms with E-state index in [-0.39, 0.29) is 16.8 Å².